The molecule has 0 rings (SSSR count). The van der Waals surface area contributed by atoms with Crippen LogP contribution in [0.5, 0.6) is 0 Å². The van der Waals surface area contributed by atoms with Crippen LogP contribution in [-0.4, -0.2) is 6.54 Å². The molecule has 0 fully saturated rings. The molecule has 2 N–H and O–H groups in total. The van der Waals surface area contributed by atoms with Crippen molar-refractivity contribution >= 4 is 0 Å². The first-order valence-corrected chi connectivity index (χ1v) is 3.17. The Morgan fingerprint density at radius 2 is 1.88 bits per heavy atom. The quantitative estimate of drug-likeness (QED) is 0.512. The monoisotopic (exact) mass is 115 g/mol. The predicted molar refractivity (Wildman–Crippen MR) is 36.2 cm³/mol. The first-order valence-electron chi connectivity index (χ1n) is 3.17. The Labute approximate surface area is 52.5 Å². The van der Waals surface area contributed by atoms with Crippen LogP contribution in [0.1, 0.15) is 27.2 Å². The van der Waals surface area contributed by atoms with E-state index in [0.29, 0.717) is 5.41 Å². The minimum Gasteiger partial charge on any atom is -0.479 e. The predicted octanol–water partition coefficient (Wildman–Crippen LogP) is 0.778. The molecule has 0 aromatic carbocycles. The Kier molecular flexibility index (Phi) is 3.06. The molecule has 0 unspecified atom stereocenters. The van der Waals surface area contributed by atoms with Crippen molar-refractivity contribution in [3.63, 3.8) is 0 Å². The lowest BCUT2D eigenvalue weighted by atomic mass is 9.92. The van der Waals surface area contributed by atoms with Gasteiger partial charge in [-0.1, -0.05) is 20.8 Å². The maximum atomic E-state index is 3.66. The largest absolute Gasteiger partial charge is 0.479 e. The standard InChI is InChI=1S/C7H17N/c1-7(2,3)5-6-8-4/h4-6,8H2,1-3H3. The summed E-state index contributed by atoms with van der Waals surface area (Å²) in [6.45, 7) is 7.88. The first-order chi connectivity index (χ1) is 3.56. The summed E-state index contributed by atoms with van der Waals surface area (Å²) >= 11 is 0. The van der Waals surface area contributed by atoms with E-state index in [2.05, 4.69) is 27.8 Å². The molecule has 0 bridgehead atoms. The molecule has 0 amide bonds. The van der Waals surface area contributed by atoms with Crippen molar-refractivity contribution in [3.8, 4) is 0 Å². The van der Waals surface area contributed by atoms with Gasteiger partial charge >= 0.3 is 0 Å². The van der Waals surface area contributed by atoms with Gasteiger partial charge in [-0.15, -0.1) is 0 Å². The van der Waals surface area contributed by atoms with E-state index in [-0.39, 0.29) is 0 Å². The molecule has 0 aliphatic heterocycles. The highest BCUT2D eigenvalue weighted by molar-refractivity contribution is 4.58. The lowest BCUT2D eigenvalue weighted by Crippen LogP contribution is -2.77. The number of nitrogens with two attached hydrogens (primary N) is 1. The summed E-state index contributed by atoms with van der Waals surface area (Å²) in [5.74, 6) is 0. The average Bonchev–Trinajstić information content (AvgIpc) is 1.59. The van der Waals surface area contributed by atoms with Gasteiger partial charge in [-0.2, -0.15) is 7.05 Å². The molecule has 0 spiro atoms. The van der Waals surface area contributed by atoms with Crippen LogP contribution in [0.4, 0.5) is 0 Å². The van der Waals surface area contributed by atoms with Crippen molar-refractivity contribution in [1.29, 1.82) is 0 Å². The maximum Gasteiger partial charge on any atom is 0.0520 e. The SMILES string of the molecule is [CH2-][NH2+]CCC(C)(C)C. The van der Waals surface area contributed by atoms with Crippen LogP contribution in [0.3, 0.4) is 0 Å². The molecule has 0 saturated heterocycles. The first kappa shape index (κ1) is 7.96. The Hall–Kier alpha value is -0.0400. The van der Waals surface area contributed by atoms with Crippen LogP contribution >= 0.6 is 0 Å². The molecule has 1 nitrogen and oxygen atoms in total. The van der Waals surface area contributed by atoms with Crippen LogP contribution in [-0.2, 0) is 0 Å². The summed E-state index contributed by atoms with van der Waals surface area (Å²) in [5, 5.41) is 1.98. The van der Waals surface area contributed by atoms with Crippen molar-refractivity contribution in [3.05, 3.63) is 7.05 Å². The van der Waals surface area contributed by atoms with Crippen LogP contribution in [0.25, 0.3) is 0 Å². The van der Waals surface area contributed by atoms with E-state index in [1.165, 1.54) is 6.42 Å². The summed E-state index contributed by atoms with van der Waals surface area (Å²) < 4.78 is 0. The fraction of sp³-hybridized carbons (Fsp3) is 0.857. The third-order valence-electron chi connectivity index (χ3n) is 1.10. The molecule has 0 aromatic rings. The zero-order valence-corrected chi connectivity index (χ0v) is 6.20. The van der Waals surface area contributed by atoms with E-state index in [9.17, 15) is 0 Å². The molecule has 0 aliphatic rings. The second-order valence-electron chi connectivity index (χ2n) is 3.39. The molecule has 0 radical (unpaired) electrons. The van der Waals surface area contributed by atoms with E-state index in [1.54, 1.807) is 0 Å². The molecular weight excluding hydrogens is 98.1 g/mol. The molecule has 0 atom stereocenters. The zero-order valence-electron chi connectivity index (χ0n) is 6.20. The Morgan fingerprint density at radius 1 is 1.38 bits per heavy atom. The zero-order chi connectivity index (χ0) is 6.62. The summed E-state index contributed by atoms with van der Waals surface area (Å²) in [6.07, 6.45) is 1.25. The molecule has 8 heavy (non-hydrogen) atoms. The molecule has 0 aliphatic carbocycles. The third kappa shape index (κ3) is 5.96. The summed E-state index contributed by atoms with van der Waals surface area (Å²) in [7, 11) is 3.66. The summed E-state index contributed by atoms with van der Waals surface area (Å²) in [5.41, 5.74) is 0.480. The number of hydrogen-bond acceptors (Lipinski definition) is 0. The van der Waals surface area contributed by atoms with Gasteiger partial charge in [0, 0.05) is 0 Å². The second-order valence-corrected chi connectivity index (χ2v) is 3.39. The Bertz CT molecular complexity index is 51.9. The topological polar surface area (TPSA) is 16.6 Å². The van der Waals surface area contributed by atoms with Gasteiger partial charge in [0.15, 0.2) is 0 Å². The maximum absolute atomic E-state index is 3.66. The minimum atomic E-state index is 0.480. The molecule has 0 aromatic heterocycles. The summed E-state index contributed by atoms with van der Waals surface area (Å²) in [4.78, 5) is 0. The fourth-order valence-corrected chi connectivity index (χ4v) is 0.535. The van der Waals surface area contributed by atoms with Crippen molar-refractivity contribution in [2.24, 2.45) is 5.41 Å². The van der Waals surface area contributed by atoms with Gasteiger partial charge in [0.05, 0.1) is 6.54 Å². The van der Waals surface area contributed by atoms with Crippen molar-refractivity contribution in [1.82, 2.24) is 0 Å². The fourth-order valence-electron chi connectivity index (χ4n) is 0.535. The van der Waals surface area contributed by atoms with Crippen LogP contribution in [0.2, 0.25) is 0 Å². The number of hydrogen-bond donors (Lipinski definition) is 1. The molecule has 50 valence electrons. The van der Waals surface area contributed by atoms with E-state index in [4.69, 9.17) is 0 Å². The van der Waals surface area contributed by atoms with Crippen molar-refractivity contribution in [2.45, 2.75) is 27.2 Å². The van der Waals surface area contributed by atoms with E-state index < -0.39 is 0 Å². The van der Waals surface area contributed by atoms with Crippen molar-refractivity contribution in [2.75, 3.05) is 6.54 Å². The van der Waals surface area contributed by atoms with Crippen LogP contribution in [0.15, 0.2) is 0 Å². The Morgan fingerprint density at radius 3 is 2.00 bits per heavy atom. The van der Waals surface area contributed by atoms with Gasteiger partial charge in [0.25, 0.3) is 0 Å². The molecule has 0 heterocycles. The van der Waals surface area contributed by atoms with E-state index in [0.717, 1.165) is 6.54 Å². The number of rotatable bonds is 2. The highest BCUT2D eigenvalue weighted by Crippen LogP contribution is 2.15. The van der Waals surface area contributed by atoms with E-state index in [1.807, 2.05) is 5.32 Å². The van der Waals surface area contributed by atoms with Gasteiger partial charge in [-0.25, -0.2) is 0 Å². The van der Waals surface area contributed by atoms with E-state index >= 15 is 0 Å². The minimum absolute atomic E-state index is 0.480. The van der Waals surface area contributed by atoms with Gasteiger partial charge in [-0.3, -0.25) is 0 Å². The van der Waals surface area contributed by atoms with Crippen molar-refractivity contribution < 1.29 is 5.32 Å². The average molecular weight is 115 g/mol. The Balaban J connectivity index is 3.11. The lowest BCUT2D eigenvalue weighted by Gasteiger charge is -2.16. The lowest BCUT2D eigenvalue weighted by molar-refractivity contribution is -0.597. The van der Waals surface area contributed by atoms with Gasteiger partial charge < -0.3 is 5.32 Å². The number of quaternary nitrogens is 1. The highest BCUT2D eigenvalue weighted by atomic mass is 14.8. The molecule has 1 heteroatoms. The third-order valence-corrected chi connectivity index (χ3v) is 1.10. The van der Waals surface area contributed by atoms with Crippen LogP contribution < -0.4 is 5.32 Å². The highest BCUT2D eigenvalue weighted by Gasteiger charge is 2.08. The molecular formula is C7H17N. The van der Waals surface area contributed by atoms with Gasteiger partial charge in [0.2, 0.25) is 0 Å². The van der Waals surface area contributed by atoms with Gasteiger partial charge in [-0.05, 0) is 11.8 Å². The normalized spacial score (nSPS) is 12.0. The molecule has 0 saturated carbocycles. The van der Waals surface area contributed by atoms with Gasteiger partial charge in [0.1, 0.15) is 0 Å². The summed E-state index contributed by atoms with van der Waals surface area (Å²) in [6, 6.07) is 0. The smallest absolute Gasteiger partial charge is 0.0520 e. The van der Waals surface area contributed by atoms with Crippen LogP contribution in [0, 0.1) is 12.5 Å². The second kappa shape index (κ2) is 3.08.